The lowest BCUT2D eigenvalue weighted by molar-refractivity contribution is 0.568. The van der Waals surface area contributed by atoms with Crippen LogP contribution in [0.3, 0.4) is 0 Å². The molecule has 0 saturated carbocycles. The van der Waals surface area contributed by atoms with Crippen molar-refractivity contribution in [2.75, 3.05) is 30.6 Å². The van der Waals surface area contributed by atoms with Crippen molar-refractivity contribution in [3.05, 3.63) is 0 Å². The Morgan fingerprint density at radius 2 is 2.15 bits per heavy atom. The lowest BCUT2D eigenvalue weighted by atomic mass is 10.3. The summed E-state index contributed by atoms with van der Waals surface area (Å²) < 4.78 is 10.9. The first kappa shape index (κ1) is 13.5. The number of rotatable bonds is 8. The third-order valence-electron chi connectivity index (χ3n) is 1.75. The average molecular weight is 223 g/mol. The lowest BCUT2D eigenvalue weighted by Gasteiger charge is -2.11. The second-order valence-corrected chi connectivity index (χ2v) is 5.76. The van der Waals surface area contributed by atoms with Crippen LogP contribution in [0.4, 0.5) is 0 Å². The second-order valence-electron chi connectivity index (χ2n) is 3.29. The third-order valence-corrected chi connectivity index (χ3v) is 3.42. The minimum Gasteiger partial charge on any atom is -0.313 e. The van der Waals surface area contributed by atoms with Gasteiger partial charge in [0.15, 0.2) is 0 Å². The van der Waals surface area contributed by atoms with E-state index in [0.29, 0.717) is 6.04 Å². The molecule has 0 radical (unpaired) electrons. The fourth-order valence-electron chi connectivity index (χ4n) is 1.13. The van der Waals surface area contributed by atoms with E-state index < -0.39 is 10.8 Å². The Morgan fingerprint density at radius 3 is 2.69 bits per heavy atom. The molecule has 1 N–H and O–H groups in total. The van der Waals surface area contributed by atoms with E-state index in [9.17, 15) is 4.21 Å². The van der Waals surface area contributed by atoms with Crippen LogP contribution in [0.25, 0.3) is 0 Å². The maximum Gasteiger partial charge on any atom is 0.0383 e. The molecule has 13 heavy (non-hydrogen) atoms. The predicted octanol–water partition coefficient (Wildman–Crippen LogP) is 1.49. The summed E-state index contributed by atoms with van der Waals surface area (Å²) in [5, 5.41) is 3.37. The van der Waals surface area contributed by atoms with Crippen LogP contribution in [0.15, 0.2) is 0 Å². The van der Waals surface area contributed by atoms with E-state index in [1.807, 2.05) is 11.8 Å². The largest absolute Gasteiger partial charge is 0.313 e. The summed E-state index contributed by atoms with van der Waals surface area (Å²) in [5.74, 6) is 2.01. The second kappa shape index (κ2) is 9.03. The van der Waals surface area contributed by atoms with Crippen molar-refractivity contribution in [2.45, 2.75) is 25.8 Å². The van der Waals surface area contributed by atoms with Crippen LogP contribution in [0.1, 0.15) is 19.8 Å². The van der Waals surface area contributed by atoms with Crippen LogP contribution in [0.5, 0.6) is 0 Å². The standard InChI is InChI=1S/C9H21NOS2/c1-9(8-13(3)11)10-6-4-5-7-12-2/h9-10H,4-8H2,1-3H3. The molecule has 2 atom stereocenters. The molecular weight excluding hydrogens is 202 g/mol. The first-order chi connectivity index (χ1) is 6.16. The Kier molecular flexibility index (Phi) is 9.35. The minimum absolute atomic E-state index is 0.389. The fourth-order valence-corrected chi connectivity index (χ4v) is 2.45. The van der Waals surface area contributed by atoms with Gasteiger partial charge in [0.2, 0.25) is 0 Å². The maximum absolute atomic E-state index is 10.9. The highest BCUT2D eigenvalue weighted by Crippen LogP contribution is 1.98. The van der Waals surface area contributed by atoms with E-state index in [2.05, 4.69) is 18.5 Å². The topological polar surface area (TPSA) is 29.1 Å². The van der Waals surface area contributed by atoms with E-state index >= 15 is 0 Å². The molecule has 80 valence electrons. The smallest absolute Gasteiger partial charge is 0.0383 e. The van der Waals surface area contributed by atoms with Gasteiger partial charge >= 0.3 is 0 Å². The highest BCUT2D eigenvalue weighted by Gasteiger charge is 2.01. The van der Waals surface area contributed by atoms with Crippen LogP contribution in [-0.4, -0.2) is 40.8 Å². The van der Waals surface area contributed by atoms with Crippen LogP contribution >= 0.6 is 11.8 Å². The normalized spacial score (nSPS) is 15.6. The van der Waals surface area contributed by atoms with Gasteiger partial charge in [0, 0.05) is 28.9 Å². The molecule has 0 aliphatic carbocycles. The van der Waals surface area contributed by atoms with Crippen molar-refractivity contribution in [1.82, 2.24) is 5.32 Å². The number of hydrogen-bond acceptors (Lipinski definition) is 3. The summed E-state index contributed by atoms with van der Waals surface area (Å²) in [6, 6.07) is 0.389. The number of hydrogen-bond donors (Lipinski definition) is 1. The molecule has 0 fully saturated rings. The quantitative estimate of drug-likeness (QED) is 0.632. The molecule has 0 aromatic rings. The summed E-state index contributed by atoms with van der Waals surface area (Å²) in [6.07, 6.45) is 6.39. The van der Waals surface area contributed by atoms with Crippen LogP contribution in [0, 0.1) is 0 Å². The summed E-state index contributed by atoms with van der Waals surface area (Å²) in [4.78, 5) is 0. The van der Waals surface area contributed by atoms with Gasteiger partial charge in [0.05, 0.1) is 0 Å². The van der Waals surface area contributed by atoms with Crippen molar-refractivity contribution < 1.29 is 4.21 Å². The fraction of sp³-hybridized carbons (Fsp3) is 1.00. The van der Waals surface area contributed by atoms with E-state index in [1.54, 1.807) is 6.26 Å². The van der Waals surface area contributed by atoms with Gasteiger partial charge in [0.25, 0.3) is 0 Å². The van der Waals surface area contributed by atoms with Crippen molar-refractivity contribution >= 4 is 22.6 Å². The molecule has 2 nitrogen and oxygen atoms in total. The molecule has 0 aromatic heterocycles. The summed E-state index contributed by atoms with van der Waals surface area (Å²) in [5.41, 5.74) is 0. The Morgan fingerprint density at radius 1 is 1.46 bits per heavy atom. The van der Waals surface area contributed by atoms with Crippen LogP contribution < -0.4 is 5.32 Å². The van der Waals surface area contributed by atoms with E-state index in [4.69, 9.17) is 0 Å². The van der Waals surface area contributed by atoms with E-state index in [1.165, 1.54) is 18.6 Å². The van der Waals surface area contributed by atoms with Gasteiger partial charge in [0.1, 0.15) is 0 Å². The van der Waals surface area contributed by atoms with Gasteiger partial charge in [-0.25, -0.2) is 0 Å². The summed E-state index contributed by atoms with van der Waals surface area (Å²) in [7, 11) is -0.671. The molecule has 0 aliphatic rings. The van der Waals surface area contributed by atoms with Gasteiger partial charge in [-0.3, -0.25) is 4.21 Å². The molecule has 0 aromatic carbocycles. The Bertz CT molecular complexity index is 142. The Balaban J connectivity index is 3.17. The predicted molar refractivity (Wildman–Crippen MR) is 64.0 cm³/mol. The number of thioether (sulfide) groups is 1. The minimum atomic E-state index is -0.671. The SMILES string of the molecule is CSCCCCNC(C)CS(C)=O. The first-order valence-corrected chi connectivity index (χ1v) is 7.81. The average Bonchev–Trinajstić information content (AvgIpc) is 2.02. The molecule has 0 rings (SSSR count). The molecule has 0 spiro atoms. The van der Waals surface area contributed by atoms with Gasteiger partial charge in [-0.15, -0.1) is 0 Å². The van der Waals surface area contributed by atoms with Gasteiger partial charge in [-0.05, 0) is 38.3 Å². The highest BCUT2D eigenvalue weighted by molar-refractivity contribution is 7.98. The monoisotopic (exact) mass is 223 g/mol. The van der Waals surface area contributed by atoms with Crippen molar-refractivity contribution in [3.8, 4) is 0 Å². The van der Waals surface area contributed by atoms with Crippen molar-refractivity contribution in [1.29, 1.82) is 0 Å². The Labute approximate surface area is 88.7 Å². The van der Waals surface area contributed by atoms with Crippen molar-refractivity contribution in [2.24, 2.45) is 0 Å². The van der Waals surface area contributed by atoms with Gasteiger partial charge in [-0.1, -0.05) is 0 Å². The lowest BCUT2D eigenvalue weighted by Crippen LogP contribution is -2.31. The van der Waals surface area contributed by atoms with Gasteiger partial charge < -0.3 is 5.32 Å². The number of nitrogens with one attached hydrogen (secondary N) is 1. The zero-order valence-electron chi connectivity index (χ0n) is 8.84. The first-order valence-electron chi connectivity index (χ1n) is 4.69. The van der Waals surface area contributed by atoms with E-state index in [0.717, 1.165) is 12.3 Å². The Hall–Kier alpha value is 0.460. The van der Waals surface area contributed by atoms with Crippen LogP contribution in [0.2, 0.25) is 0 Å². The highest BCUT2D eigenvalue weighted by atomic mass is 32.2. The van der Waals surface area contributed by atoms with E-state index in [-0.39, 0.29) is 0 Å². The summed E-state index contributed by atoms with van der Waals surface area (Å²) in [6.45, 7) is 3.15. The molecule has 2 unspecified atom stereocenters. The maximum atomic E-state index is 10.9. The number of unbranched alkanes of at least 4 members (excludes halogenated alkanes) is 1. The zero-order valence-corrected chi connectivity index (χ0v) is 10.5. The molecule has 0 amide bonds. The molecule has 4 heteroatoms. The van der Waals surface area contributed by atoms with Crippen molar-refractivity contribution in [3.63, 3.8) is 0 Å². The molecular formula is C9H21NOS2. The van der Waals surface area contributed by atoms with Crippen LogP contribution in [-0.2, 0) is 10.8 Å². The van der Waals surface area contributed by atoms with Gasteiger partial charge in [-0.2, -0.15) is 11.8 Å². The third kappa shape index (κ3) is 10.4. The molecule has 0 bridgehead atoms. The molecule has 0 saturated heterocycles. The molecule has 0 heterocycles. The molecule has 0 aliphatic heterocycles. The summed E-state index contributed by atoms with van der Waals surface area (Å²) >= 11 is 1.89. The zero-order chi connectivity index (χ0) is 10.1.